The normalized spacial score (nSPS) is 15.7. The Morgan fingerprint density at radius 3 is 2.38 bits per heavy atom. The molecule has 0 unspecified atom stereocenters. The highest BCUT2D eigenvalue weighted by Gasteiger charge is 2.31. The van der Waals surface area contributed by atoms with E-state index in [1.54, 1.807) is 30.3 Å². The minimum atomic E-state index is -3.91. The van der Waals surface area contributed by atoms with Crippen molar-refractivity contribution in [2.45, 2.75) is 30.8 Å². The average molecular weight is 420 g/mol. The smallest absolute Gasteiger partial charge is 0.302 e. The number of nitrogens with zero attached hydrogens (tertiary/aromatic N) is 1. The van der Waals surface area contributed by atoms with Gasteiger partial charge in [0.15, 0.2) is 0 Å². The number of nitrogens with one attached hydrogen (secondary N) is 1. The van der Waals surface area contributed by atoms with E-state index in [0.29, 0.717) is 18.5 Å². The zero-order valence-corrected chi connectivity index (χ0v) is 16.6. The summed E-state index contributed by atoms with van der Waals surface area (Å²) < 4.78 is 46.4. The number of carbonyl (C=O) groups is 2. The fraction of sp³-hybridized carbons (Fsp3) is 0.300. The summed E-state index contributed by atoms with van der Waals surface area (Å²) in [5.74, 6) is -1.95. The van der Waals surface area contributed by atoms with E-state index in [0.717, 1.165) is 18.2 Å². The zero-order valence-electron chi connectivity index (χ0n) is 15.8. The average Bonchev–Trinajstić information content (AvgIpc) is 2.69. The molecular weight excluding hydrogens is 399 g/mol. The minimum Gasteiger partial charge on any atom is -0.462 e. The molecule has 29 heavy (non-hydrogen) atoms. The number of halogens is 1. The molecule has 0 spiro atoms. The molecular formula is C20H21FN2O5S. The number of benzene rings is 2. The summed E-state index contributed by atoms with van der Waals surface area (Å²) >= 11 is 0. The fourth-order valence-electron chi connectivity index (χ4n) is 3.13. The number of para-hydroxylation sites is 1. The SMILES string of the molecule is CC(=O)OC1CCN(S(=O)(=O)c2ccc(F)c(C(=O)Nc3ccccc3)c2)CC1. The van der Waals surface area contributed by atoms with Gasteiger partial charge in [0.2, 0.25) is 10.0 Å². The molecule has 1 aliphatic heterocycles. The van der Waals surface area contributed by atoms with Crippen LogP contribution in [0.2, 0.25) is 0 Å². The van der Waals surface area contributed by atoms with Gasteiger partial charge in [0.1, 0.15) is 11.9 Å². The van der Waals surface area contributed by atoms with Crippen LogP contribution in [0, 0.1) is 5.82 Å². The van der Waals surface area contributed by atoms with Gasteiger partial charge >= 0.3 is 5.97 Å². The predicted octanol–water partition coefficient (Wildman–Crippen LogP) is 2.79. The lowest BCUT2D eigenvalue weighted by atomic mass is 10.1. The lowest BCUT2D eigenvalue weighted by Gasteiger charge is -2.30. The molecule has 1 heterocycles. The molecule has 1 aliphatic rings. The standard InChI is InChI=1S/C20H21FN2O5S/c1-14(24)28-16-9-11-23(12-10-16)29(26,27)17-7-8-19(21)18(13-17)20(25)22-15-5-3-2-4-6-15/h2-8,13,16H,9-12H2,1H3,(H,22,25). The minimum absolute atomic E-state index is 0.164. The van der Waals surface area contributed by atoms with E-state index in [4.69, 9.17) is 4.74 Å². The first-order valence-corrected chi connectivity index (χ1v) is 10.5. The number of rotatable bonds is 5. The molecule has 2 aromatic carbocycles. The van der Waals surface area contributed by atoms with Gasteiger partial charge in [0, 0.05) is 25.7 Å². The van der Waals surface area contributed by atoms with Gasteiger partial charge in [-0.3, -0.25) is 9.59 Å². The largest absolute Gasteiger partial charge is 0.462 e. The summed E-state index contributed by atoms with van der Waals surface area (Å²) in [5.41, 5.74) is 0.113. The second kappa shape index (κ2) is 8.71. The highest BCUT2D eigenvalue weighted by molar-refractivity contribution is 7.89. The molecule has 154 valence electrons. The molecule has 1 fully saturated rings. The molecule has 0 aliphatic carbocycles. The van der Waals surface area contributed by atoms with Crippen molar-refractivity contribution in [3.8, 4) is 0 Å². The molecule has 0 bridgehead atoms. The topological polar surface area (TPSA) is 92.8 Å². The number of anilines is 1. The number of hydrogen-bond acceptors (Lipinski definition) is 5. The van der Waals surface area contributed by atoms with Crippen molar-refractivity contribution in [1.29, 1.82) is 0 Å². The van der Waals surface area contributed by atoms with Crippen molar-refractivity contribution in [3.05, 3.63) is 59.9 Å². The van der Waals surface area contributed by atoms with Gasteiger partial charge in [0.25, 0.3) is 5.91 Å². The molecule has 1 amide bonds. The number of ether oxygens (including phenoxy) is 1. The highest BCUT2D eigenvalue weighted by Crippen LogP contribution is 2.24. The van der Waals surface area contributed by atoms with Gasteiger partial charge in [0.05, 0.1) is 10.5 Å². The molecule has 7 nitrogen and oxygen atoms in total. The predicted molar refractivity (Wildman–Crippen MR) is 104 cm³/mol. The summed E-state index contributed by atoms with van der Waals surface area (Å²) in [6, 6.07) is 11.6. The van der Waals surface area contributed by atoms with Crippen molar-refractivity contribution in [1.82, 2.24) is 4.31 Å². The molecule has 0 atom stereocenters. The zero-order chi connectivity index (χ0) is 21.0. The summed E-state index contributed by atoms with van der Waals surface area (Å²) in [4.78, 5) is 23.3. The first kappa shape index (κ1) is 20.9. The van der Waals surface area contributed by atoms with Crippen LogP contribution in [0.1, 0.15) is 30.1 Å². The molecule has 2 aromatic rings. The Hall–Kier alpha value is -2.78. The number of hydrogen-bond donors (Lipinski definition) is 1. The van der Waals surface area contributed by atoms with Crippen LogP contribution < -0.4 is 5.32 Å². The summed E-state index contributed by atoms with van der Waals surface area (Å²) in [6.07, 6.45) is 0.433. The van der Waals surface area contributed by atoms with E-state index < -0.39 is 27.7 Å². The first-order chi connectivity index (χ1) is 13.8. The van der Waals surface area contributed by atoms with E-state index in [-0.39, 0.29) is 29.7 Å². The maximum absolute atomic E-state index is 14.2. The van der Waals surface area contributed by atoms with Crippen LogP contribution in [0.25, 0.3) is 0 Å². The Kier molecular flexibility index (Phi) is 6.29. The number of sulfonamides is 1. The van der Waals surface area contributed by atoms with Crippen molar-refractivity contribution < 1.29 is 27.1 Å². The van der Waals surface area contributed by atoms with Crippen LogP contribution in [0.4, 0.5) is 10.1 Å². The van der Waals surface area contributed by atoms with Crippen LogP contribution in [-0.2, 0) is 19.6 Å². The van der Waals surface area contributed by atoms with Crippen molar-refractivity contribution in [2.75, 3.05) is 18.4 Å². The Bertz CT molecular complexity index is 1000. The van der Waals surface area contributed by atoms with E-state index in [9.17, 15) is 22.4 Å². The van der Waals surface area contributed by atoms with Gasteiger partial charge in [-0.25, -0.2) is 12.8 Å². The summed E-state index contributed by atoms with van der Waals surface area (Å²) in [6.45, 7) is 1.65. The molecule has 0 aromatic heterocycles. The monoisotopic (exact) mass is 420 g/mol. The van der Waals surface area contributed by atoms with Gasteiger partial charge in [-0.2, -0.15) is 4.31 Å². The molecule has 1 saturated heterocycles. The van der Waals surface area contributed by atoms with E-state index in [2.05, 4.69) is 5.32 Å². The van der Waals surface area contributed by atoms with E-state index >= 15 is 0 Å². The second-order valence-corrected chi connectivity index (χ2v) is 8.61. The quantitative estimate of drug-likeness (QED) is 0.751. The third-order valence-corrected chi connectivity index (χ3v) is 6.48. The Balaban J connectivity index is 1.77. The molecule has 0 radical (unpaired) electrons. The Morgan fingerprint density at radius 2 is 1.76 bits per heavy atom. The Morgan fingerprint density at radius 1 is 1.10 bits per heavy atom. The molecule has 3 rings (SSSR count). The molecule has 9 heteroatoms. The fourth-order valence-corrected chi connectivity index (χ4v) is 4.63. The number of carbonyl (C=O) groups excluding carboxylic acids is 2. The second-order valence-electron chi connectivity index (χ2n) is 6.67. The summed E-state index contributed by atoms with van der Waals surface area (Å²) in [7, 11) is -3.91. The van der Waals surface area contributed by atoms with Crippen LogP contribution in [0.3, 0.4) is 0 Å². The van der Waals surface area contributed by atoms with Crippen LogP contribution >= 0.6 is 0 Å². The maximum Gasteiger partial charge on any atom is 0.302 e. The number of esters is 1. The van der Waals surface area contributed by atoms with Gasteiger partial charge in [-0.05, 0) is 43.2 Å². The molecule has 1 N–H and O–H groups in total. The van der Waals surface area contributed by atoms with Crippen LogP contribution in [0.5, 0.6) is 0 Å². The van der Waals surface area contributed by atoms with Gasteiger partial charge in [-0.15, -0.1) is 0 Å². The number of amides is 1. The molecule has 0 saturated carbocycles. The third kappa shape index (κ3) is 4.99. The van der Waals surface area contributed by atoms with Crippen molar-refractivity contribution in [2.24, 2.45) is 0 Å². The third-order valence-electron chi connectivity index (χ3n) is 4.59. The maximum atomic E-state index is 14.2. The van der Waals surface area contributed by atoms with Crippen LogP contribution in [-0.4, -0.2) is 43.8 Å². The van der Waals surface area contributed by atoms with Crippen molar-refractivity contribution >= 4 is 27.6 Å². The summed E-state index contributed by atoms with van der Waals surface area (Å²) in [5, 5.41) is 2.55. The van der Waals surface area contributed by atoms with E-state index in [1.165, 1.54) is 11.2 Å². The number of piperidine rings is 1. The lowest BCUT2D eigenvalue weighted by Crippen LogP contribution is -2.41. The highest BCUT2D eigenvalue weighted by atomic mass is 32.2. The van der Waals surface area contributed by atoms with Crippen LogP contribution in [0.15, 0.2) is 53.4 Å². The van der Waals surface area contributed by atoms with Crippen molar-refractivity contribution in [3.63, 3.8) is 0 Å². The van der Waals surface area contributed by atoms with E-state index in [1.807, 2.05) is 0 Å². The first-order valence-electron chi connectivity index (χ1n) is 9.10. The van der Waals surface area contributed by atoms with Gasteiger partial charge in [-0.1, -0.05) is 18.2 Å². The Labute approximate surface area is 168 Å². The lowest BCUT2D eigenvalue weighted by molar-refractivity contribution is -0.147. The van der Waals surface area contributed by atoms with Gasteiger partial charge < -0.3 is 10.1 Å².